The molecule has 17 heavy (non-hydrogen) atoms. The van der Waals surface area contributed by atoms with Crippen LogP contribution in [0.3, 0.4) is 0 Å². The summed E-state index contributed by atoms with van der Waals surface area (Å²) in [6.07, 6.45) is 2.64. The molecule has 0 aliphatic heterocycles. The third kappa shape index (κ3) is 2.36. The van der Waals surface area contributed by atoms with Crippen molar-refractivity contribution in [1.29, 1.82) is 0 Å². The fraction of sp³-hybridized carbons (Fsp3) is 0.308. The van der Waals surface area contributed by atoms with Crippen LogP contribution in [0.4, 0.5) is 4.39 Å². The number of halogens is 1. The summed E-state index contributed by atoms with van der Waals surface area (Å²) in [6.45, 7) is 1.95. The van der Waals surface area contributed by atoms with Crippen LogP contribution in [0.1, 0.15) is 18.9 Å². The van der Waals surface area contributed by atoms with E-state index in [0.717, 1.165) is 6.42 Å². The average Bonchev–Trinajstić information content (AvgIpc) is 2.33. The van der Waals surface area contributed by atoms with E-state index in [9.17, 15) is 9.18 Å². The van der Waals surface area contributed by atoms with Gasteiger partial charge in [0.15, 0.2) is 5.43 Å². The molecule has 1 aromatic heterocycles. The topological polar surface area (TPSA) is 56.2 Å². The van der Waals surface area contributed by atoms with Gasteiger partial charge in [-0.1, -0.05) is 6.92 Å². The molecule has 0 saturated heterocycles. The van der Waals surface area contributed by atoms with Gasteiger partial charge in [0.05, 0.1) is 11.6 Å². The highest BCUT2D eigenvalue weighted by molar-refractivity contribution is 5.76. The van der Waals surface area contributed by atoms with Crippen LogP contribution in [0.5, 0.6) is 0 Å². The van der Waals surface area contributed by atoms with E-state index in [1.807, 2.05) is 6.92 Å². The first kappa shape index (κ1) is 11.8. The highest BCUT2D eigenvalue weighted by atomic mass is 19.1. The van der Waals surface area contributed by atoms with E-state index >= 15 is 0 Å². The molecule has 0 saturated carbocycles. The second-order valence-corrected chi connectivity index (χ2v) is 4.10. The number of hydrogen-bond donors (Lipinski definition) is 1. The molecule has 0 fully saturated rings. The minimum atomic E-state index is -0.443. The number of hydrogen-bond acceptors (Lipinski definition) is 3. The number of nitrogens with two attached hydrogens (primary N) is 1. The molecule has 4 heteroatoms. The smallest absolute Gasteiger partial charge is 0.196 e. The zero-order valence-electron chi connectivity index (χ0n) is 9.57. The molecule has 0 radical (unpaired) electrons. The second kappa shape index (κ2) is 4.67. The molecule has 2 N–H and O–H groups in total. The standard InChI is InChI=1S/C13H14FNO2/c1-2-10(15)5-8-7-17-12-4-3-9(14)6-11(12)13(8)16/h3-4,6-7,10H,2,5,15H2,1H3. The van der Waals surface area contributed by atoms with Crippen LogP contribution < -0.4 is 11.2 Å². The fourth-order valence-electron chi connectivity index (χ4n) is 1.71. The summed E-state index contributed by atoms with van der Waals surface area (Å²) < 4.78 is 18.4. The van der Waals surface area contributed by atoms with E-state index in [-0.39, 0.29) is 16.9 Å². The maximum atomic E-state index is 13.1. The van der Waals surface area contributed by atoms with Crippen LogP contribution in [0.25, 0.3) is 11.0 Å². The number of rotatable bonds is 3. The number of benzene rings is 1. The number of fused-ring (bicyclic) bond motifs is 1. The Balaban J connectivity index is 2.53. The Bertz CT molecular complexity index is 591. The van der Waals surface area contributed by atoms with Gasteiger partial charge < -0.3 is 10.2 Å². The lowest BCUT2D eigenvalue weighted by Crippen LogP contribution is -2.24. The maximum absolute atomic E-state index is 13.1. The molecule has 0 aliphatic carbocycles. The van der Waals surface area contributed by atoms with E-state index < -0.39 is 5.82 Å². The van der Waals surface area contributed by atoms with Crippen LogP contribution in [0.15, 0.2) is 33.7 Å². The predicted molar refractivity (Wildman–Crippen MR) is 64.4 cm³/mol. The summed E-state index contributed by atoms with van der Waals surface area (Å²) in [4.78, 5) is 12.0. The van der Waals surface area contributed by atoms with E-state index in [0.29, 0.717) is 17.6 Å². The maximum Gasteiger partial charge on any atom is 0.196 e. The third-order valence-corrected chi connectivity index (χ3v) is 2.81. The monoisotopic (exact) mass is 235 g/mol. The van der Waals surface area contributed by atoms with Gasteiger partial charge >= 0.3 is 0 Å². The molecule has 0 bridgehead atoms. The van der Waals surface area contributed by atoms with Crippen molar-refractivity contribution < 1.29 is 8.81 Å². The minimum absolute atomic E-state index is 0.0797. The zero-order chi connectivity index (χ0) is 12.4. The minimum Gasteiger partial charge on any atom is -0.464 e. The molecule has 0 amide bonds. The summed E-state index contributed by atoms with van der Waals surface area (Å²) in [5.41, 5.74) is 6.49. The van der Waals surface area contributed by atoms with E-state index in [2.05, 4.69) is 0 Å². The Morgan fingerprint density at radius 1 is 1.47 bits per heavy atom. The van der Waals surface area contributed by atoms with Gasteiger partial charge in [-0.05, 0) is 31.0 Å². The van der Waals surface area contributed by atoms with Gasteiger partial charge in [0.2, 0.25) is 0 Å². The van der Waals surface area contributed by atoms with Crippen molar-refractivity contribution in [2.45, 2.75) is 25.8 Å². The van der Waals surface area contributed by atoms with Gasteiger partial charge in [0.25, 0.3) is 0 Å². The first-order valence-electron chi connectivity index (χ1n) is 5.57. The third-order valence-electron chi connectivity index (χ3n) is 2.81. The summed E-state index contributed by atoms with van der Waals surface area (Å²) in [5.74, 6) is -0.443. The van der Waals surface area contributed by atoms with E-state index in [1.54, 1.807) is 0 Å². The van der Waals surface area contributed by atoms with Crippen molar-refractivity contribution >= 4 is 11.0 Å². The van der Waals surface area contributed by atoms with Crippen molar-refractivity contribution in [3.63, 3.8) is 0 Å². The van der Waals surface area contributed by atoms with Gasteiger partial charge in [0.1, 0.15) is 11.4 Å². The highest BCUT2D eigenvalue weighted by Gasteiger charge is 2.10. The molecular formula is C13H14FNO2. The largest absolute Gasteiger partial charge is 0.464 e. The molecule has 2 rings (SSSR count). The molecular weight excluding hydrogens is 221 g/mol. The van der Waals surface area contributed by atoms with Crippen molar-refractivity contribution in [2.24, 2.45) is 5.73 Å². The Morgan fingerprint density at radius 3 is 2.94 bits per heavy atom. The van der Waals surface area contributed by atoms with Crippen molar-refractivity contribution in [2.75, 3.05) is 0 Å². The predicted octanol–water partition coefficient (Wildman–Crippen LogP) is 2.21. The molecule has 1 atom stereocenters. The van der Waals surface area contributed by atoms with Crippen LogP contribution in [0, 0.1) is 5.82 Å². The zero-order valence-corrected chi connectivity index (χ0v) is 9.57. The van der Waals surface area contributed by atoms with E-state index in [1.165, 1.54) is 24.5 Å². The van der Waals surface area contributed by atoms with Gasteiger partial charge in [-0.25, -0.2) is 4.39 Å². The van der Waals surface area contributed by atoms with Crippen LogP contribution in [-0.2, 0) is 6.42 Å². The molecule has 1 unspecified atom stereocenters. The summed E-state index contributed by atoms with van der Waals surface area (Å²) in [6, 6.07) is 3.84. The summed E-state index contributed by atoms with van der Waals surface area (Å²) in [7, 11) is 0. The Morgan fingerprint density at radius 2 is 2.24 bits per heavy atom. The van der Waals surface area contributed by atoms with Crippen LogP contribution >= 0.6 is 0 Å². The summed E-state index contributed by atoms with van der Waals surface area (Å²) in [5, 5.41) is 0.269. The molecule has 0 aliphatic rings. The van der Waals surface area contributed by atoms with Gasteiger partial charge in [0, 0.05) is 11.6 Å². The van der Waals surface area contributed by atoms with Crippen LogP contribution in [0.2, 0.25) is 0 Å². The first-order chi connectivity index (χ1) is 8.11. The Kier molecular flexibility index (Phi) is 3.24. The SMILES string of the molecule is CCC(N)Cc1coc2ccc(F)cc2c1=O. The Hall–Kier alpha value is -1.68. The fourth-order valence-corrected chi connectivity index (χ4v) is 1.71. The molecule has 3 nitrogen and oxygen atoms in total. The lowest BCUT2D eigenvalue weighted by Gasteiger charge is -2.07. The normalized spacial score (nSPS) is 12.9. The lowest BCUT2D eigenvalue weighted by molar-refractivity contribution is 0.572. The van der Waals surface area contributed by atoms with Gasteiger partial charge in [-0.15, -0.1) is 0 Å². The van der Waals surface area contributed by atoms with Crippen molar-refractivity contribution in [3.05, 3.63) is 46.1 Å². The first-order valence-corrected chi connectivity index (χ1v) is 5.57. The molecule has 2 aromatic rings. The van der Waals surface area contributed by atoms with Gasteiger partial charge in [-0.3, -0.25) is 4.79 Å². The van der Waals surface area contributed by atoms with Crippen molar-refractivity contribution in [1.82, 2.24) is 0 Å². The molecule has 0 spiro atoms. The average molecular weight is 235 g/mol. The van der Waals surface area contributed by atoms with Crippen molar-refractivity contribution in [3.8, 4) is 0 Å². The molecule has 90 valence electrons. The highest BCUT2D eigenvalue weighted by Crippen LogP contribution is 2.13. The Labute approximate surface area is 98.0 Å². The van der Waals surface area contributed by atoms with E-state index in [4.69, 9.17) is 10.2 Å². The second-order valence-electron chi connectivity index (χ2n) is 4.10. The molecule has 1 aromatic carbocycles. The quantitative estimate of drug-likeness (QED) is 0.887. The van der Waals surface area contributed by atoms with Gasteiger partial charge in [-0.2, -0.15) is 0 Å². The lowest BCUT2D eigenvalue weighted by atomic mass is 10.0. The summed E-state index contributed by atoms with van der Waals surface area (Å²) >= 11 is 0. The molecule has 1 heterocycles. The van der Waals surface area contributed by atoms with Crippen LogP contribution in [-0.4, -0.2) is 6.04 Å².